The molecule has 1 heterocycles. The first-order valence-electron chi connectivity index (χ1n) is 8.39. The molecule has 0 spiro atoms. The molecule has 0 saturated carbocycles. The molecule has 0 aliphatic carbocycles. The Morgan fingerprint density at radius 1 is 1.35 bits per heavy atom. The monoisotopic (exact) mass is 354 g/mol. The molecule has 2 amide bonds. The van der Waals surface area contributed by atoms with Gasteiger partial charge in [-0.05, 0) is 30.5 Å². The first-order valence-corrected chi connectivity index (χ1v) is 8.39. The van der Waals surface area contributed by atoms with Crippen LogP contribution in [-0.4, -0.2) is 58.9 Å². The smallest absolute Gasteiger partial charge is 0.256 e. The lowest BCUT2D eigenvalue weighted by molar-refractivity contribution is -0.142. The van der Waals surface area contributed by atoms with Gasteiger partial charge in [0.1, 0.15) is 0 Å². The number of amides is 2. The van der Waals surface area contributed by atoms with E-state index < -0.39 is 12.0 Å². The highest BCUT2D eigenvalue weighted by Crippen LogP contribution is 2.21. The topological polar surface area (TPSA) is 111 Å². The van der Waals surface area contributed by atoms with E-state index in [1.165, 1.54) is 0 Å². The molecule has 26 heavy (non-hydrogen) atoms. The third-order valence-electron chi connectivity index (χ3n) is 4.54. The van der Waals surface area contributed by atoms with Crippen LogP contribution in [0.15, 0.2) is 24.3 Å². The van der Waals surface area contributed by atoms with Crippen LogP contribution in [-0.2, 0) is 9.59 Å². The number of carbonyl (C=O) groups is 2. The number of hydrogen-bond acceptors (Lipinski definition) is 5. The van der Waals surface area contributed by atoms with Gasteiger partial charge in [0.15, 0.2) is 6.10 Å². The van der Waals surface area contributed by atoms with E-state index in [1.54, 1.807) is 29.2 Å². The van der Waals surface area contributed by atoms with Crippen LogP contribution in [0.25, 0.3) is 0 Å². The number of rotatable bonds is 6. The molecule has 1 atom stereocenters. The lowest BCUT2D eigenvalue weighted by Gasteiger charge is -2.38. The number of carbonyl (C=O) groups excluding carboxylic acids is 2. The van der Waals surface area contributed by atoms with Crippen LogP contribution in [0, 0.1) is 23.7 Å². The number of aliphatic hydroxyl groups excluding tert-OH is 1. The zero-order chi connectivity index (χ0) is 19.1. The summed E-state index contributed by atoms with van der Waals surface area (Å²) in [5.74, 6) is 1.72. The molecule has 1 aliphatic rings. The van der Waals surface area contributed by atoms with Gasteiger partial charge in [0, 0.05) is 19.1 Å². The zero-order valence-corrected chi connectivity index (χ0v) is 14.5. The number of terminal acetylenes is 1. The standard InChI is InChI=1S/C19H22N4O3/c1-2-9-23(13-17(21)24)16-7-10-22(11-8-16)19(26)18(25)15-5-3-14(12-20)4-6-15/h1,3-6,16,18,25H,7-11,13H2,(H2,21,24). The molecule has 136 valence electrons. The number of nitriles is 1. The lowest BCUT2D eigenvalue weighted by Crippen LogP contribution is -2.49. The Morgan fingerprint density at radius 2 is 1.96 bits per heavy atom. The molecular formula is C19H22N4O3. The van der Waals surface area contributed by atoms with E-state index in [1.807, 2.05) is 11.0 Å². The maximum atomic E-state index is 12.5. The van der Waals surface area contributed by atoms with Crippen LogP contribution < -0.4 is 5.73 Å². The van der Waals surface area contributed by atoms with Crippen molar-refractivity contribution < 1.29 is 14.7 Å². The number of benzene rings is 1. The van der Waals surface area contributed by atoms with Gasteiger partial charge in [0.05, 0.1) is 24.7 Å². The fourth-order valence-electron chi connectivity index (χ4n) is 3.14. The van der Waals surface area contributed by atoms with Crippen LogP contribution in [0.1, 0.15) is 30.1 Å². The van der Waals surface area contributed by atoms with Crippen LogP contribution in [0.4, 0.5) is 0 Å². The number of likely N-dealkylation sites (tertiary alicyclic amines) is 1. The van der Waals surface area contributed by atoms with Crippen molar-refractivity contribution in [1.29, 1.82) is 5.26 Å². The summed E-state index contributed by atoms with van der Waals surface area (Å²) in [6.07, 6.45) is 5.40. The van der Waals surface area contributed by atoms with E-state index in [0.717, 1.165) is 0 Å². The summed E-state index contributed by atoms with van der Waals surface area (Å²) < 4.78 is 0. The predicted octanol–water partition coefficient (Wildman–Crippen LogP) is 0.00318. The minimum atomic E-state index is -1.26. The SMILES string of the molecule is C#CCN(CC(N)=O)C1CCN(C(=O)C(O)c2ccc(C#N)cc2)CC1. The molecule has 1 unspecified atom stereocenters. The summed E-state index contributed by atoms with van der Waals surface area (Å²) in [5, 5.41) is 19.1. The fourth-order valence-corrected chi connectivity index (χ4v) is 3.14. The van der Waals surface area contributed by atoms with Crippen LogP contribution in [0.2, 0.25) is 0 Å². The van der Waals surface area contributed by atoms with Crippen molar-refractivity contribution in [3.63, 3.8) is 0 Å². The van der Waals surface area contributed by atoms with Crippen LogP contribution in [0.3, 0.4) is 0 Å². The third-order valence-corrected chi connectivity index (χ3v) is 4.54. The molecule has 0 aromatic heterocycles. The largest absolute Gasteiger partial charge is 0.378 e. The van der Waals surface area contributed by atoms with Crippen LogP contribution >= 0.6 is 0 Å². The number of piperidine rings is 1. The second kappa shape index (κ2) is 9.00. The Balaban J connectivity index is 1.95. The van der Waals surface area contributed by atoms with Gasteiger partial charge in [0.2, 0.25) is 5.91 Å². The van der Waals surface area contributed by atoms with Gasteiger partial charge in [-0.3, -0.25) is 14.5 Å². The Kier molecular flexibility index (Phi) is 6.74. The average Bonchev–Trinajstić information content (AvgIpc) is 2.66. The van der Waals surface area contributed by atoms with Crippen molar-refractivity contribution in [3.05, 3.63) is 35.4 Å². The second-order valence-corrected chi connectivity index (χ2v) is 6.27. The lowest BCUT2D eigenvalue weighted by atomic mass is 10.0. The normalized spacial score (nSPS) is 15.9. The zero-order valence-electron chi connectivity index (χ0n) is 14.5. The van der Waals surface area contributed by atoms with Crippen molar-refractivity contribution in [2.75, 3.05) is 26.2 Å². The molecule has 7 heteroatoms. The molecule has 1 aromatic rings. The average molecular weight is 354 g/mol. The molecule has 7 nitrogen and oxygen atoms in total. The van der Waals surface area contributed by atoms with Gasteiger partial charge in [-0.1, -0.05) is 18.1 Å². The highest BCUT2D eigenvalue weighted by Gasteiger charge is 2.30. The summed E-state index contributed by atoms with van der Waals surface area (Å²) in [6.45, 7) is 1.36. The van der Waals surface area contributed by atoms with Crippen molar-refractivity contribution in [3.8, 4) is 18.4 Å². The number of nitrogens with zero attached hydrogens (tertiary/aromatic N) is 3. The number of nitrogens with two attached hydrogens (primary N) is 1. The molecule has 1 fully saturated rings. The van der Waals surface area contributed by atoms with E-state index in [0.29, 0.717) is 43.6 Å². The summed E-state index contributed by atoms with van der Waals surface area (Å²) in [5.41, 5.74) is 6.19. The quantitative estimate of drug-likeness (QED) is 0.699. The van der Waals surface area contributed by atoms with Crippen LogP contribution in [0.5, 0.6) is 0 Å². The molecule has 1 aliphatic heterocycles. The molecular weight excluding hydrogens is 332 g/mol. The summed E-state index contributed by atoms with van der Waals surface area (Å²) >= 11 is 0. The highest BCUT2D eigenvalue weighted by molar-refractivity contribution is 5.82. The molecule has 1 aromatic carbocycles. The molecule has 3 N–H and O–H groups in total. The first-order chi connectivity index (χ1) is 12.5. The van der Waals surface area contributed by atoms with Gasteiger partial charge in [-0.25, -0.2) is 0 Å². The maximum absolute atomic E-state index is 12.5. The van der Waals surface area contributed by atoms with Gasteiger partial charge in [-0.2, -0.15) is 5.26 Å². The minimum absolute atomic E-state index is 0.0784. The minimum Gasteiger partial charge on any atom is -0.378 e. The van der Waals surface area contributed by atoms with Gasteiger partial charge >= 0.3 is 0 Å². The molecule has 1 saturated heterocycles. The summed E-state index contributed by atoms with van der Waals surface area (Å²) in [7, 11) is 0. The Labute approximate surface area is 153 Å². The van der Waals surface area contributed by atoms with E-state index in [-0.39, 0.29) is 18.5 Å². The number of aliphatic hydroxyl groups is 1. The van der Waals surface area contributed by atoms with E-state index >= 15 is 0 Å². The highest BCUT2D eigenvalue weighted by atomic mass is 16.3. The van der Waals surface area contributed by atoms with E-state index in [4.69, 9.17) is 17.4 Å². The van der Waals surface area contributed by atoms with Crippen molar-refractivity contribution >= 4 is 11.8 Å². The second-order valence-electron chi connectivity index (χ2n) is 6.27. The van der Waals surface area contributed by atoms with E-state index in [2.05, 4.69) is 5.92 Å². The summed E-state index contributed by atoms with van der Waals surface area (Å²) in [4.78, 5) is 27.2. The fraction of sp³-hybridized carbons (Fsp3) is 0.421. The molecule has 0 bridgehead atoms. The summed E-state index contributed by atoms with van der Waals surface area (Å²) in [6, 6.07) is 8.37. The number of hydrogen-bond donors (Lipinski definition) is 2. The predicted molar refractivity (Wildman–Crippen MR) is 95.3 cm³/mol. The Hall–Kier alpha value is -2.87. The maximum Gasteiger partial charge on any atom is 0.256 e. The van der Waals surface area contributed by atoms with Gasteiger partial charge in [-0.15, -0.1) is 6.42 Å². The van der Waals surface area contributed by atoms with Gasteiger partial charge < -0.3 is 15.7 Å². The van der Waals surface area contributed by atoms with Crippen molar-refractivity contribution in [2.45, 2.75) is 25.0 Å². The molecule has 2 rings (SSSR count). The van der Waals surface area contributed by atoms with Gasteiger partial charge in [0.25, 0.3) is 5.91 Å². The number of primary amides is 1. The Morgan fingerprint density at radius 3 is 2.46 bits per heavy atom. The molecule has 0 radical (unpaired) electrons. The van der Waals surface area contributed by atoms with Crippen molar-refractivity contribution in [1.82, 2.24) is 9.80 Å². The van der Waals surface area contributed by atoms with Crippen molar-refractivity contribution in [2.24, 2.45) is 5.73 Å². The third kappa shape index (κ3) is 4.82. The first kappa shape index (κ1) is 19.5. The van der Waals surface area contributed by atoms with E-state index in [9.17, 15) is 14.7 Å². The Bertz CT molecular complexity index is 725.